The molecule has 0 atom stereocenters. The molecule has 0 fully saturated rings. The summed E-state index contributed by atoms with van der Waals surface area (Å²) in [5.74, 6) is 0.450. The number of hydrogen-bond donors (Lipinski definition) is 0. The molecule has 1 nitrogen and oxygen atoms in total. The molecule has 0 unspecified atom stereocenters. The molecule has 2 heteroatoms. The molecule has 10 heavy (non-hydrogen) atoms. The van der Waals surface area contributed by atoms with Gasteiger partial charge in [0.1, 0.15) is 0 Å². The number of nitrogens with zero attached hydrogens (tertiary/aromatic N) is 1. The van der Waals surface area contributed by atoms with Crippen molar-refractivity contribution in [3.8, 4) is 0 Å². The molecule has 0 bridgehead atoms. The van der Waals surface area contributed by atoms with Gasteiger partial charge >= 0.3 is 0 Å². The van der Waals surface area contributed by atoms with Crippen LogP contribution in [0.3, 0.4) is 0 Å². The van der Waals surface area contributed by atoms with Crippen LogP contribution in [-0.2, 0) is 0 Å². The van der Waals surface area contributed by atoms with Crippen LogP contribution in [0.4, 0.5) is 0 Å². The van der Waals surface area contributed by atoms with Crippen molar-refractivity contribution in [2.75, 3.05) is 0 Å². The second-order valence-electron chi connectivity index (χ2n) is 2.51. The highest BCUT2D eigenvalue weighted by Crippen LogP contribution is 2.15. The van der Waals surface area contributed by atoms with Crippen LogP contribution in [0.2, 0.25) is 5.02 Å². The van der Waals surface area contributed by atoms with E-state index in [2.05, 4.69) is 25.0 Å². The molecule has 1 aromatic heterocycles. The van der Waals surface area contributed by atoms with Crippen LogP contribution in [0.15, 0.2) is 12.3 Å². The van der Waals surface area contributed by atoms with Crippen LogP contribution >= 0.6 is 11.6 Å². The minimum Gasteiger partial charge on any atom is -0.253 e. The highest BCUT2D eigenvalue weighted by molar-refractivity contribution is 6.30. The Bertz CT molecular complexity index is 220. The second kappa shape index (κ2) is 3.02. The summed E-state index contributed by atoms with van der Waals surface area (Å²) in [7, 11) is 0. The molecule has 0 N–H and O–H groups in total. The fourth-order valence-corrected chi connectivity index (χ4v) is 0.849. The average molecular weight is 155 g/mol. The van der Waals surface area contributed by atoms with E-state index in [0.717, 1.165) is 5.56 Å². The monoisotopic (exact) mass is 154 g/mol. The molecule has 1 rings (SSSR count). The van der Waals surface area contributed by atoms with Gasteiger partial charge in [-0.15, -0.1) is 0 Å². The van der Waals surface area contributed by atoms with Crippen LogP contribution in [0.5, 0.6) is 0 Å². The van der Waals surface area contributed by atoms with Gasteiger partial charge in [-0.2, -0.15) is 0 Å². The van der Waals surface area contributed by atoms with Crippen molar-refractivity contribution in [1.82, 2.24) is 4.98 Å². The highest BCUT2D eigenvalue weighted by atomic mass is 35.5. The first-order chi connectivity index (χ1) is 4.70. The normalized spacial score (nSPS) is 10.4. The Balaban J connectivity index is 2.96. The van der Waals surface area contributed by atoms with Crippen molar-refractivity contribution < 1.29 is 0 Å². The predicted molar refractivity (Wildman–Crippen MR) is 42.2 cm³/mol. The Hall–Kier alpha value is -0.560. The van der Waals surface area contributed by atoms with E-state index < -0.39 is 0 Å². The van der Waals surface area contributed by atoms with E-state index >= 15 is 0 Å². The molecular weight excluding hydrogens is 146 g/mol. The van der Waals surface area contributed by atoms with Crippen LogP contribution in [0.25, 0.3) is 0 Å². The van der Waals surface area contributed by atoms with E-state index in [1.54, 1.807) is 6.20 Å². The van der Waals surface area contributed by atoms with Crippen LogP contribution in [0.1, 0.15) is 25.3 Å². The average Bonchev–Trinajstić information content (AvgIpc) is 1.88. The Kier molecular flexibility index (Phi) is 2.28. The van der Waals surface area contributed by atoms with Gasteiger partial charge in [-0.1, -0.05) is 25.4 Å². The molecule has 53 valence electrons. The van der Waals surface area contributed by atoms with Gasteiger partial charge in [0.2, 0.25) is 0 Å². The van der Waals surface area contributed by atoms with E-state index in [1.165, 1.54) is 0 Å². The summed E-state index contributed by atoms with van der Waals surface area (Å²) < 4.78 is 0. The molecule has 0 aliphatic carbocycles. The van der Waals surface area contributed by atoms with E-state index in [1.807, 2.05) is 6.07 Å². The lowest BCUT2D eigenvalue weighted by molar-refractivity contribution is 0.855. The van der Waals surface area contributed by atoms with Crippen LogP contribution in [0, 0.1) is 6.20 Å². The number of aromatic nitrogens is 1. The Labute approximate surface area is 66.0 Å². The summed E-state index contributed by atoms with van der Waals surface area (Å²) in [5.41, 5.74) is 1.06. The molecule has 1 heterocycles. The second-order valence-corrected chi connectivity index (χ2v) is 2.95. The minimum atomic E-state index is 0.450. The van der Waals surface area contributed by atoms with E-state index in [4.69, 9.17) is 11.6 Å². The first kappa shape index (κ1) is 7.55. The molecule has 0 aromatic carbocycles. The smallest absolute Gasteiger partial charge is 0.0924 e. The fraction of sp³-hybridized carbons (Fsp3) is 0.375. The molecule has 0 spiro atoms. The first-order valence-corrected chi connectivity index (χ1v) is 3.61. The third-order valence-corrected chi connectivity index (χ3v) is 1.50. The fourth-order valence-electron chi connectivity index (χ4n) is 0.682. The van der Waals surface area contributed by atoms with Crippen LogP contribution in [-0.4, -0.2) is 4.98 Å². The molecular formula is C8H9ClN. The van der Waals surface area contributed by atoms with Crippen molar-refractivity contribution >= 4 is 11.6 Å². The van der Waals surface area contributed by atoms with E-state index in [0.29, 0.717) is 10.9 Å². The molecule has 1 aromatic rings. The summed E-state index contributed by atoms with van der Waals surface area (Å²) in [6, 6.07) is 1.89. The lowest BCUT2D eigenvalue weighted by Gasteiger charge is -2.01. The number of halogens is 1. The van der Waals surface area contributed by atoms with Gasteiger partial charge in [0, 0.05) is 6.20 Å². The zero-order chi connectivity index (χ0) is 7.56. The Morgan fingerprint density at radius 1 is 1.60 bits per heavy atom. The molecule has 0 saturated heterocycles. The first-order valence-electron chi connectivity index (χ1n) is 3.23. The lowest BCUT2D eigenvalue weighted by atomic mass is 10.1. The maximum Gasteiger partial charge on any atom is 0.0924 e. The van der Waals surface area contributed by atoms with Crippen molar-refractivity contribution in [2.45, 2.75) is 19.8 Å². The van der Waals surface area contributed by atoms with Crippen molar-refractivity contribution in [1.29, 1.82) is 0 Å². The quantitative estimate of drug-likeness (QED) is 0.606. The number of hydrogen-bond acceptors (Lipinski definition) is 1. The topological polar surface area (TPSA) is 12.9 Å². The molecule has 0 amide bonds. The number of rotatable bonds is 1. The van der Waals surface area contributed by atoms with Crippen molar-refractivity contribution in [3.05, 3.63) is 29.0 Å². The van der Waals surface area contributed by atoms with Crippen molar-refractivity contribution in [2.24, 2.45) is 0 Å². The summed E-state index contributed by atoms with van der Waals surface area (Å²) in [4.78, 5) is 3.85. The van der Waals surface area contributed by atoms with E-state index in [9.17, 15) is 0 Å². The highest BCUT2D eigenvalue weighted by Gasteiger charge is 1.98. The maximum absolute atomic E-state index is 5.71. The molecule has 0 aliphatic heterocycles. The minimum absolute atomic E-state index is 0.450. The van der Waals surface area contributed by atoms with Gasteiger partial charge in [0.25, 0.3) is 0 Å². The largest absolute Gasteiger partial charge is 0.253 e. The third kappa shape index (κ3) is 1.71. The number of pyridine rings is 1. The summed E-state index contributed by atoms with van der Waals surface area (Å²) >= 11 is 5.71. The maximum atomic E-state index is 5.71. The summed E-state index contributed by atoms with van der Waals surface area (Å²) in [5, 5.41) is 0.683. The van der Waals surface area contributed by atoms with Gasteiger partial charge in [-0.05, 0) is 17.5 Å². The zero-order valence-electron chi connectivity index (χ0n) is 6.06. The van der Waals surface area contributed by atoms with Gasteiger partial charge in [0.15, 0.2) is 0 Å². The Morgan fingerprint density at radius 2 is 2.30 bits per heavy atom. The summed E-state index contributed by atoms with van der Waals surface area (Å²) in [6.45, 7) is 4.17. The Morgan fingerprint density at radius 3 is 2.70 bits per heavy atom. The predicted octanol–water partition coefficient (Wildman–Crippen LogP) is 2.66. The molecule has 0 aliphatic rings. The van der Waals surface area contributed by atoms with Crippen molar-refractivity contribution in [3.63, 3.8) is 0 Å². The molecule has 0 saturated carbocycles. The van der Waals surface area contributed by atoms with E-state index in [-0.39, 0.29) is 0 Å². The lowest BCUT2D eigenvalue weighted by Crippen LogP contribution is -1.87. The molecule has 1 radical (unpaired) electrons. The van der Waals surface area contributed by atoms with Gasteiger partial charge in [-0.25, -0.2) is 0 Å². The van der Waals surface area contributed by atoms with Gasteiger partial charge in [-0.3, -0.25) is 4.98 Å². The third-order valence-electron chi connectivity index (χ3n) is 1.30. The van der Waals surface area contributed by atoms with Crippen LogP contribution < -0.4 is 0 Å². The summed E-state index contributed by atoms with van der Waals surface area (Å²) in [6.07, 6.45) is 4.46. The SMILES string of the molecule is CC(C)c1[c]ncc(Cl)c1. The van der Waals surface area contributed by atoms with Gasteiger partial charge < -0.3 is 0 Å². The van der Waals surface area contributed by atoms with Gasteiger partial charge in [0.05, 0.1) is 11.2 Å². The standard InChI is InChI=1S/C8H9ClN/c1-6(2)7-3-8(9)5-10-4-7/h3,5-6H,1-2H3. The zero-order valence-corrected chi connectivity index (χ0v) is 6.81.